The molecule has 0 radical (unpaired) electrons. The van der Waals surface area contributed by atoms with Gasteiger partial charge in [0, 0.05) is 6.54 Å². The van der Waals surface area contributed by atoms with Gasteiger partial charge in [-0.2, -0.15) is 0 Å². The summed E-state index contributed by atoms with van der Waals surface area (Å²) >= 11 is 0. The zero-order chi connectivity index (χ0) is 14.4. The monoisotopic (exact) mass is 277 g/mol. The Bertz CT molecular complexity index is 468. The summed E-state index contributed by atoms with van der Waals surface area (Å²) in [6, 6.07) is 9.27. The maximum atomic E-state index is 11.7. The van der Waals surface area contributed by atoms with Gasteiger partial charge in [0.15, 0.2) is 0 Å². The Morgan fingerprint density at radius 3 is 2.50 bits per heavy atom. The fraction of sp³-hybridized carbons (Fsp3) is 0.467. The van der Waals surface area contributed by atoms with Crippen LogP contribution in [0, 0.1) is 5.41 Å². The molecular weight excluding hydrogens is 258 g/mol. The van der Waals surface area contributed by atoms with Crippen molar-refractivity contribution in [2.75, 3.05) is 13.2 Å². The van der Waals surface area contributed by atoms with Crippen LogP contribution in [0.5, 0.6) is 5.75 Å². The average Bonchev–Trinajstić information content (AvgIpc) is 2.38. The lowest BCUT2D eigenvalue weighted by Crippen LogP contribution is -2.47. The van der Waals surface area contributed by atoms with Crippen LogP contribution in [-0.4, -0.2) is 30.1 Å². The highest BCUT2D eigenvalue weighted by molar-refractivity contribution is 5.79. The molecule has 1 aliphatic carbocycles. The van der Waals surface area contributed by atoms with E-state index in [1.807, 2.05) is 30.3 Å². The van der Waals surface area contributed by atoms with Crippen molar-refractivity contribution in [2.45, 2.75) is 25.7 Å². The number of hydrogen-bond donors (Lipinski definition) is 2. The van der Waals surface area contributed by atoms with Crippen molar-refractivity contribution >= 4 is 11.9 Å². The van der Waals surface area contributed by atoms with E-state index in [2.05, 4.69) is 5.32 Å². The van der Waals surface area contributed by atoms with E-state index in [-0.39, 0.29) is 25.5 Å². The molecular formula is C15H19NO4. The molecule has 0 spiro atoms. The first-order valence-electron chi connectivity index (χ1n) is 6.80. The molecule has 0 aromatic heterocycles. The molecule has 1 saturated carbocycles. The molecule has 0 heterocycles. The molecule has 2 N–H and O–H groups in total. The van der Waals surface area contributed by atoms with E-state index in [1.54, 1.807) is 0 Å². The lowest BCUT2D eigenvalue weighted by molar-refractivity contribution is -0.154. The Labute approximate surface area is 117 Å². The second kappa shape index (κ2) is 6.41. The maximum absolute atomic E-state index is 11.7. The molecule has 0 atom stereocenters. The number of hydrogen-bond acceptors (Lipinski definition) is 3. The molecule has 1 fully saturated rings. The van der Waals surface area contributed by atoms with E-state index in [0.29, 0.717) is 12.8 Å². The minimum atomic E-state index is -0.815. The highest BCUT2D eigenvalue weighted by Gasteiger charge is 2.44. The van der Waals surface area contributed by atoms with E-state index >= 15 is 0 Å². The second-order valence-electron chi connectivity index (χ2n) is 5.13. The number of carbonyl (C=O) groups excluding carboxylic acids is 1. The predicted molar refractivity (Wildman–Crippen MR) is 73.5 cm³/mol. The highest BCUT2D eigenvalue weighted by Crippen LogP contribution is 2.40. The van der Waals surface area contributed by atoms with E-state index in [9.17, 15) is 9.59 Å². The summed E-state index contributed by atoms with van der Waals surface area (Å²) in [6.45, 7) is 0.502. The zero-order valence-electron chi connectivity index (χ0n) is 11.3. The van der Waals surface area contributed by atoms with Crippen LogP contribution in [0.1, 0.15) is 25.7 Å². The molecule has 0 unspecified atom stereocenters. The highest BCUT2D eigenvalue weighted by atomic mass is 16.5. The number of nitrogens with one attached hydrogen (secondary N) is 1. The third kappa shape index (κ3) is 3.50. The molecule has 0 bridgehead atoms. The molecule has 1 amide bonds. The smallest absolute Gasteiger partial charge is 0.311 e. The Balaban J connectivity index is 1.67. The van der Waals surface area contributed by atoms with Crippen molar-refractivity contribution in [3.63, 3.8) is 0 Å². The van der Waals surface area contributed by atoms with Gasteiger partial charge in [-0.15, -0.1) is 0 Å². The van der Waals surface area contributed by atoms with Crippen molar-refractivity contribution < 1.29 is 19.4 Å². The molecule has 2 rings (SSSR count). The Morgan fingerprint density at radius 1 is 1.25 bits per heavy atom. The first-order valence-corrected chi connectivity index (χ1v) is 6.80. The number of carbonyl (C=O) groups is 2. The Morgan fingerprint density at radius 2 is 1.95 bits per heavy atom. The molecule has 1 aromatic rings. The van der Waals surface area contributed by atoms with Gasteiger partial charge in [-0.1, -0.05) is 24.6 Å². The molecule has 5 heteroatoms. The van der Waals surface area contributed by atoms with Crippen molar-refractivity contribution in [3.05, 3.63) is 30.3 Å². The number of amides is 1. The van der Waals surface area contributed by atoms with Gasteiger partial charge in [0.1, 0.15) is 5.75 Å². The van der Waals surface area contributed by atoms with Gasteiger partial charge >= 0.3 is 5.97 Å². The average molecular weight is 277 g/mol. The van der Waals surface area contributed by atoms with Crippen LogP contribution in [0.25, 0.3) is 0 Å². The topological polar surface area (TPSA) is 75.6 Å². The van der Waals surface area contributed by atoms with Crippen molar-refractivity contribution in [2.24, 2.45) is 5.41 Å². The van der Waals surface area contributed by atoms with Crippen LogP contribution >= 0.6 is 0 Å². The van der Waals surface area contributed by atoms with Gasteiger partial charge in [0.05, 0.1) is 18.4 Å². The SMILES string of the molecule is O=C(CCOc1ccccc1)NCC1(C(=O)O)CCC1. The quantitative estimate of drug-likeness (QED) is 0.797. The van der Waals surface area contributed by atoms with Crippen LogP contribution in [0.3, 0.4) is 0 Å². The maximum Gasteiger partial charge on any atom is 0.311 e. The van der Waals surface area contributed by atoms with E-state index in [4.69, 9.17) is 9.84 Å². The van der Waals surface area contributed by atoms with Crippen LogP contribution in [0.4, 0.5) is 0 Å². The number of rotatable bonds is 7. The van der Waals surface area contributed by atoms with Crippen molar-refractivity contribution in [1.82, 2.24) is 5.32 Å². The zero-order valence-corrected chi connectivity index (χ0v) is 11.3. The Kier molecular flexibility index (Phi) is 4.61. The lowest BCUT2D eigenvalue weighted by Gasteiger charge is -2.37. The molecule has 20 heavy (non-hydrogen) atoms. The van der Waals surface area contributed by atoms with Gasteiger partial charge in [-0.05, 0) is 25.0 Å². The van der Waals surface area contributed by atoms with Gasteiger partial charge in [0.25, 0.3) is 0 Å². The van der Waals surface area contributed by atoms with Gasteiger partial charge in [-0.25, -0.2) is 0 Å². The lowest BCUT2D eigenvalue weighted by atomic mass is 9.69. The standard InChI is InChI=1S/C15H19NO4/c17-13(7-10-20-12-5-2-1-3-6-12)16-11-15(14(18)19)8-4-9-15/h1-3,5-6H,4,7-11H2,(H,16,17)(H,18,19). The number of ether oxygens (including phenoxy) is 1. The summed E-state index contributed by atoms with van der Waals surface area (Å²) in [6.07, 6.45) is 2.43. The number of aliphatic carboxylic acids is 1. The molecule has 5 nitrogen and oxygen atoms in total. The summed E-state index contributed by atoms with van der Waals surface area (Å²) in [4.78, 5) is 22.8. The molecule has 108 valence electrons. The first kappa shape index (κ1) is 14.4. The summed E-state index contributed by atoms with van der Waals surface area (Å²) < 4.78 is 5.42. The van der Waals surface area contributed by atoms with Gasteiger partial charge in [-0.3, -0.25) is 9.59 Å². The third-order valence-electron chi connectivity index (χ3n) is 3.73. The van der Waals surface area contributed by atoms with Crippen molar-refractivity contribution in [1.29, 1.82) is 0 Å². The van der Waals surface area contributed by atoms with Gasteiger partial charge < -0.3 is 15.2 Å². The van der Waals surface area contributed by atoms with Crippen LogP contribution in [0.2, 0.25) is 0 Å². The minimum Gasteiger partial charge on any atom is -0.493 e. The molecule has 0 saturated heterocycles. The van der Waals surface area contributed by atoms with Gasteiger partial charge in [0.2, 0.25) is 5.91 Å². The number of carboxylic acids is 1. The fourth-order valence-corrected chi connectivity index (χ4v) is 2.20. The fourth-order valence-electron chi connectivity index (χ4n) is 2.20. The summed E-state index contributed by atoms with van der Waals surface area (Å²) in [5.74, 6) is -0.264. The van der Waals surface area contributed by atoms with E-state index < -0.39 is 11.4 Å². The first-order chi connectivity index (χ1) is 9.62. The summed E-state index contributed by atoms with van der Waals surface area (Å²) in [5, 5.41) is 11.8. The third-order valence-corrected chi connectivity index (χ3v) is 3.73. The predicted octanol–water partition coefficient (Wildman–Crippen LogP) is 1.83. The molecule has 1 aromatic carbocycles. The minimum absolute atomic E-state index is 0.173. The van der Waals surface area contributed by atoms with E-state index in [1.165, 1.54) is 0 Å². The van der Waals surface area contributed by atoms with Crippen molar-refractivity contribution in [3.8, 4) is 5.75 Å². The number of para-hydroxylation sites is 1. The van der Waals surface area contributed by atoms with Crippen LogP contribution < -0.4 is 10.1 Å². The summed E-state index contributed by atoms with van der Waals surface area (Å²) in [5.41, 5.74) is -0.740. The largest absolute Gasteiger partial charge is 0.493 e. The number of carboxylic acid groups (broad SMARTS) is 1. The Hall–Kier alpha value is -2.04. The normalized spacial score (nSPS) is 16.0. The molecule has 0 aliphatic heterocycles. The van der Waals surface area contributed by atoms with E-state index in [0.717, 1.165) is 12.2 Å². The molecule has 1 aliphatic rings. The second-order valence-corrected chi connectivity index (χ2v) is 5.13. The number of benzene rings is 1. The van der Waals surface area contributed by atoms with Crippen LogP contribution in [0.15, 0.2) is 30.3 Å². The summed E-state index contributed by atoms with van der Waals surface area (Å²) in [7, 11) is 0. The van der Waals surface area contributed by atoms with Crippen LogP contribution in [-0.2, 0) is 9.59 Å².